The number of piperidine rings is 1. The van der Waals surface area contributed by atoms with Gasteiger partial charge in [0.1, 0.15) is 5.75 Å². The number of aromatic hydroxyl groups is 1. The minimum absolute atomic E-state index is 0.0222. The number of phenols is 1. The van der Waals surface area contributed by atoms with Crippen molar-refractivity contribution >= 4 is 17.8 Å². The molecule has 3 aliphatic carbocycles. The third-order valence-electron chi connectivity index (χ3n) is 8.80. The molecule has 0 aromatic heterocycles. The molecule has 0 spiro atoms. The van der Waals surface area contributed by atoms with Crippen molar-refractivity contribution in [2.24, 2.45) is 17.4 Å². The number of hydrogen-bond donors (Lipinski definition) is 6. The number of benzene rings is 1. The lowest BCUT2D eigenvalue weighted by Crippen LogP contribution is -2.74. The molecule has 5 rings (SSSR count). The summed E-state index contributed by atoms with van der Waals surface area (Å²) in [6, 6.07) is 1.71. The second kappa shape index (κ2) is 8.46. The van der Waals surface area contributed by atoms with E-state index in [9.17, 15) is 24.6 Å². The van der Waals surface area contributed by atoms with Crippen molar-refractivity contribution in [3.63, 3.8) is 0 Å². The summed E-state index contributed by atoms with van der Waals surface area (Å²) in [7, 11) is 0. The number of aliphatic carboxylic acids is 1. The molecule has 1 aromatic rings. The Kier molecular flexibility index (Phi) is 5.81. The lowest BCUT2D eigenvalue weighted by atomic mass is 9.48. The molecule has 3 fully saturated rings. The van der Waals surface area contributed by atoms with Gasteiger partial charge in [-0.2, -0.15) is 0 Å². The van der Waals surface area contributed by atoms with Crippen molar-refractivity contribution in [1.82, 2.24) is 10.2 Å². The molecule has 8 N–H and O–H groups in total. The molecule has 35 heavy (non-hydrogen) atoms. The van der Waals surface area contributed by atoms with Gasteiger partial charge in [0.05, 0.1) is 23.6 Å². The molecule has 10 nitrogen and oxygen atoms in total. The van der Waals surface area contributed by atoms with E-state index in [0.29, 0.717) is 43.6 Å². The fourth-order valence-electron chi connectivity index (χ4n) is 6.98. The van der Waals surface area contributed by atoms with Gasteiger partial charge in [-0.3, -0.25) is 19.3 Å². The molecular weight excluding hydrogens is 452 g/mol. The third kappa shape index (κ3) is 3.88. The number of fused-ring (bicyclic) bond motifs is 1. The maximum Gasteiger partial charge on any atom is 0.305 e. The zero-order valence-electron chi connectivity index (χ0n) is 19.7. The smallest absolute Gasteiger partial charge is 0.305 e. The van der Waals surface area contributed by atoms with Crippen LogP contribution in [0.5, 0.6) is 5.75 Å². The number of likely N-dealkylation sites (tertiary alicyclic amines) is 1. The molecule has 2 saturated carbocycles. The number of primary amides is 1. The monoisotopic (exact) mass is 486 g/mol. The fraction of sp³-hybridized carbons (Fsp3) is 0.640. The first-order chi connectivity index (χ1) is 16.6. The lowest BCUT2D eigenvalue weighted by molar-refractivity contribution is -0.172. The molecule has 1 heterocycles. The third-order valence-corrected chi connectivity index (χ3v) is 8.80. The van der Waals surface area contributed by atoms with Crippen LogP contribution in [0.4, 0.5) is 0 Å². The van der Waals surface area contributed by atoms with Gasteiger partial charge in [-0.1, -0.05) is 6.07 Å². The quantitative estimate of drug-likeness (QED) is 0.311. The Hall–Kier alpha value is -2.69. The molecule has 10 heteroatoms. The van der Waals surface area contributed by atoms with Crippen LogP contribution in [-0.4, -0.2) is 74.8 Å². The van der Waals surface area contributed by atoms with Crippen LogP contribution in [0, 0.1) is 5.92 Å². The molecular formula is C25H34N4O6. The molecule has 2 bridgehead atoms. The van der Waals surface area contributed by atoms with Gasteiger partial charge in [0, 0.05) is 29.6 Å². The maximum atomic E-state index is 12.6. The Labute approximate surface area is 203 Å². The summed E-state index contributed by atoms with van der Waals surface area (Å²) in [5.74, 6) is -1.96. The average Bonchev–Trinajstić information content (AvgIpc) is 3.59. The molecule has 5 atom stereocenters. The van der Waals surface area contributed by atoms with Crippen molar-refractivity contribution in [2.45, 2.75) is 80.5 Å². The van der Waals surface area contributed by atoms with Gasteiger partial charge in [-0.05, 0) is 69.0 Å². The average molecular weight is 487 g/mol. The number of carboxylic acid groups (broad SMARTS) is 1. The molecule has 1 aromatic carbocycles. The van der Waals surface area contributed by atoms with Gasteiger partial charge in [0.15, 0.2) is 0 Å². The minimum Gasteiger partial charge on any atom is -0.507 e. The van der Waals surface area contributed by atoms with Crippen LogP contribution in [-0.2, 0) is 21.4 Å². The predicted octanol–water partition coefficient (Wildman–Crippen LogP) is -0.0289. The van der Waals surface area contributed by atoms with Crippen molar-refractivity contribution in [2.75, 3.05) is 13.1 Å². The van der Waals surface area contributed by atoms with Crippen LogP contribution >= 0.6 is 0 Å². The molecule has 2 amide bonds. The van der Waals surface area contributed by atoms with Crippen LogP contribution in [0.1, 0.15) is 66.4 Å². The van der Waals surface area contributed by atoms with Gasteiger partial charge >= 0.3 is 5.97 Å². The minimum atomic E-state index is -1.17. The number of nitrogens with two attached hydrogens (primary N) is 2. The normalized spacial score (nSPS) is 32.7. The topological polar surface area (TPSA) is 179 Å². The number of nitrogens with zero attached hydrogens (tertiary/aromatic N) is 1. The number of carboxylic acids is 1. The van der Waals surface area contributed by atoms with E-state index in [1.807, 2.05) is 6.07 Å². The predicted molar refractivity (Wildman–Crippen MR) is 126 cm³/mol. The molecule has 4 aliphatic rings. The van der Waals surface area contributed by atoms with E-state index >= 15 is 0 Å². The SMILES string of the molecule is NC(=O)c1ccc2c(c1O)[C@]13CCN(CC4CC4)[C@H](C2)[C@]1(O)CC[C@@H](NC(=O)[C@@H](N)CC(=O)O)C3. The van der Waals surface area contributed by atoms with E-state index in [-0.39, 0.29) is 23.4 Å². The van der Waals surface area contributed by atoms with Crippen LogP contribution < -0.4 is 16.8 Å². The standard InChI is InChI=1S/C25H34N4O6/c26-17(10-19(30)31)23(34)28-15-5-6-25(35)18-9-14-3-4-16(22(27)33)21(32)20(14)24(25,11-15)7-8-29(18)12-13-1-2-13/h3-4,13,15,17-18,32,35H,1-2,5-12,26H2,(H2,27,33)(H,28,34)(H,30,31)/t15-,17+,18-,24-,25-/m1/s1. The summed E-state index contributed by atoms with van der Waals surface area (Å²) in [4.78, 5) is 38.0. The number of aliphatic hydroxyl groups is 1. The molecule has 190 valence electrons. The molecule has 1 saturated heterocycles. The van der Waals surface area contributed by atoms with E-state index in [0.717, 1.165) is 18.7 Å². The highest BCUT2D eigenvalue weighted by atomic mass is 16.4. The molecule has 0 radical (unpaired) electrons. The molecule has 0 unspecified atom stereocenters. The summed E-state index contributed by atoms with van der Waals surface area (Å²) in [6.07, 6.45) is 4.31. The lowest BCUT2D eigenvalue weighted by Gasteiger charge is -2.65. The largest absolute Gasteiger partial charge is 0.507 e. The van der Waals surface area contributed by atoms with Crippen molar-refractivity contribution in [3.05, 3.63) is 28.8 Å². The summed E-state index contributed by atoms with van der Waals surface area (Å²) in [5.41, 5.74) is 10.8. The van der Waals surface area contributed by atoms with E-state index in [4.69, 9.17) is 16.6 Å². The number of amides is 2. The van der Waals surface area contributed by atoms with Crippen molar-refractivity contribution in [3.8, 4) is 5.75 Å². The Morgan fingerprint density at radius 1 is 1.20 bits per heavy atom. The van der Waals surface area contributed by atoms with Gasteiger partial charge in [-0.25, -0.2) is 0 Å². The molecule has 1 aliphatic heterocycles. The number of carbonyl (C=O) groups is 3. The number of hydrogen-bond acceptors (Lipinski definition) is 7. The Morgan fingerprint density at radius 3 is 2.60 bits per heavy atom. The summed E-state index contributed by atoms with van der Waals surface area (Å²) < 4.78 is 0. The second-order valence-corrected chi connectivity index (χ2v) is 10.9. The van der Waals surface area contributed by atoms with Crippen LogP contribution in [0.25, 0.3) is 0 Å². The number of rotatable bonds is 7. The van der Waals surface area contributed by atoms with E-state index < -0.39 is 41.3 Å². The van der Waals surface area contributed by atoms with Crippen molar-refractivity contribution < 1.29 is 29.7 Å². The van der Waals surface area contributed by atoms with Crippen LogP contribution in [0.15, 0.2) is 12.1 Å². The highest BCUT2D eigenvalue weighted by Crippen LogP contribution is 2.60. The van der Waals surface area contributed by atoms with Crippen LogP contribution in [0.3, 0.4) is 0 Å². The van der Waals surface area contributed by atoms with Gasteiger partial charge in [-0.15, -0.1) is 0 Å². The zero-order valence-corrected chi connectivity index (χ0v) is 19.7. The van der Waals surface area contributed by atoms with Gasteiger partial charge in [0.2, 0.25) is 5.91 Å². The highest BCUT2D eigenvalue weighted by molar-refractivity contribution is 5.96. The zero-order chi connectivity index (χ0) is 25.1. The van der Waals surface area contributed by atoms with Crippen molar-refractivity contribution in [1.29, 1.82) is 0 Å². The van der Waals surface area contributed by atoms with Crippen LogP contribution in [0.2, 0.25) is 0 Å². The summed E-state index contributed by atoms with van der Waals surface area (Å²) in [6.45, 7) is 1.68. The first kappa shape index (κ1) is 24.0. The highest BCUT2D eigenvalue weighted by Gasteiger charge is 2.65. The second-order valence-electron chi connectivity index (χ2n) is 10.9. The van der Waals surface area contributed by atoms with E-state index in [2.05, 4.69) is 10.2 Å². The Morgan fingerprint density at radius 2 is 1.94 bits per heavy atom. The first-order valence-electron chi connectivity index (χ1n) is 12.4. The van der Waals surface area contributed by atoms with E-state index in [1.165, 1.54) is 12.8 Å². The maximum absolute atomic E-state index is 12.6. The Balaban J connectivity index is 1.53. The summed E-state index contributed by atoms with van der Waals surface area (Å²) >= 11 is 0. The van der Waals surface area contributed by atoms with E-state index in [1.54, 1.807) is 6.07 Å². The number of carbonyl (C=O) groups excluding carboxylic acids is 2. The van der Waals surface area contributed by atoms with Gasteiger partial charge < -0.3 is 32.1 Å². The summed E-state index contributed by atoms with van der Waals surface area (Å²) in [5, 5.41) is 35.5. The number of nitrogens with one attached hydrogen (secondary N) is 1. The van der Waals surface area contributed by atoms with Gasteiger partial charge in [0.25, 0.3) is 5.91 Å². The fourth-order valence-corrected chi connectivity index (χ4v) is 6.98. The first-order valence-corrected chi connectivity index (χ1v) is 12.4. The Bertz CT molecular complexity index is 1070.